The van der Waals surface area contributed by atoms with Gasteiger partial charge < -0.3 is 26.2 Å². The summed E-state index contributed by atoms with van der Waals surface area (Å²) < 4.78 is 0. The third kappa shape index (κ3) is 8.74. The number of piperidine rings is 2. The van der Waals surface area contributed by atoms with Crippen molar-refractivity contribution < 1.29 is 33.6 Å². The molecule has 4 N–H and O–H groups in total. The fraction of sp³-hybridized carbons (Fsp3) is 0.757. The smallest absolute Gasteiger partial charge is 0.315 e. The molecule has 4 rings (SSSR count). The quantitative estimate of drug-likeness (QED) is 0.123. The van der Waals surface area contributed by atoms with Crippen LogP contribution in [0.2, 0.25) is 0 Å². The van der Waals surface area contributed by atoms with Crippen molar-refractivity contribution in [1.29, 1.82) is 0 Å². The van der Waals surface area contributed by atoms with E-state index in [1.54, 1.807) is 4.90 Å². The van der Waals surface area contributed by atoms with Gasteiger partial charge in [0.15, 0.2) is 0 Å². The van der Waals surface area contributed by atoms with E-state index in [-0.39, 0.29) is 73.2 Å². The Morgan fingerprint density at radius 1 is 0.960 bits per heavy atom. The van der Waals surface area contributed by atoms with Gasteiger partial charge in [-0.1, -0.05) is 73.3 Å². The molecule has 50 heavy (non-hydrogen) atoms. The lowest BCUT2D eigenvalue weighted by molar-refractivity contribution is -0.148. The number of fused-ring (bicyclic) bond motifs is 1. The Morgan fingerprint density at radius 3 is 2.18 bits per heavy atom. The van der Waals surface area contributed by atoms with E-state index in [1.807, 2.05) is 27.7 Å². The lowest BCUT2D eigenvalue weighted by Crippen LogP contribution is -2.62. The summed E-state index contributed by atoms with van der Waals surface area (Å²) in [4.78, 5) is 96.0. The predicted molar refractivity (Wildman–Crippen MR) is 187 cm³/mol. The van der Waals surface area contributed by atoms with Crippen LogP contribution in [0, 0.1) is 28.6 Å². The summed E-state index contributed by atoms with van der Waals surface area (Å²) in [6.45, 7) is 15.8. The highest BCUT2D eigenvalue weighted by Crippen LogP contribution is 2.65. The van der Waals surface area contributed by atoms with E-state index >= 15 is 0 Å². The molecule has 0 radical (unpaired) electrons. The van der Waals surface area contributed by atoms with Gasteiger partial charge >= 0.3 is 6.03 Å². The number of imide groups is 1. The zero-order valence-electron chi connectivity index (χ0n) is 30.8. The Balaban J connectivity index is 1.55. The Kier molecular flexibility index (Phi) is 12.5. The van der Waals surface area contributed by atoms with Crippen molar-refractivity contribution in [1.82, 2.24) is 31.1 Å². The third-order valence-corrected chi connectivity index (χ3v) is 11.4. The fourth-order valence-corrected chi connectivity index (χ4v) is 8.13. The average molecular weight is 699 g/mol. The summed E-state index contributed by atoms with van der Waals surface area (Å²) in [6.07, 6.45) is 7.71. The first kappa shape index (κ1) is 39.0. The van der Waals surface area contributed by atoms with Crippen LogP contribution in [0.3, 0.4) is 0 Å². The van der Waals surface area contributed by atoms with Crippen LogP contribution < -0.4 is 21.3 Å². The first-order chi connectivity index (χ1) is 23.5. The number of rotatable bonds is 14. The molecule has 13 nitrogen and oxygen atoms in total. The van der Waals surface area contributed by atoms with Crippen LogP contribution in [-0.2, 0) is 28.8 Å². The summed E-state index contributed by atoms with van der Waals surface area (Å²) in [5.41, 5.74) is -0.710. The average Bonchev–Trinajstić information content (AvgIpc) is 3.37. The minimum atomic E-state index is -1.04. The van der Waals surface area contributed by atoms with Gasteiger partial charge in [-0.3, -0.25) is 33.7 Å². The minimum absolute atomic E-state index is 0.0344. The molecular weight excluding hydrogens is 640 g/mol. The number of likely N-dealkylation sites (tertiary alicyclic amines) is 2. The molecule has 4 fully saturated rings. The van der Waals surface area contributed by atoms with Gasteiger partial charge in [0.2, 0.25) is 29.4 Å². The Hall–Kier alpha value is -3.77. The van der Waals surface area contributed by atoms with E-state index in [4.69, 9.17) is 0 Å². The minimum Gasteiger partial charge on any atom is -0.346 e. The van der Waals surface area contributed by atoms with Crippen molar-refractivity contribution in [2.24, 2.45) is 28.6 Å². The molecule has 6 atom stereocenters. The monoisotopic (exact) mass is 698 g/mol. The standard InChI is InChI=1S/C37H58N6O7/c1-8-14-24(31(46)33(48)38-19-9-2)39-32(47)30-28-23(37(28,6)7)20-43(30)34(49)29(22-15-11-10-12-16-22)41-35(50)40-25(36(3,4)5)21-42-26(44)17-13-18-27(42)45/h9,22-25,28-30H,2,8,10-21H2,1,3-7H3,(H,38,48)(H,39,47)(H2,40,41,50)/t23?,24?,25-,28+,29+,30+/m1/s1. The highest BCUT2D eigenvalue weighted by molar-refractivity contribution is 6.38. The van der Waals surface area contributed by atoms with Crippen molar-refractivity contribution in [3.63, 3.8) is 0 Å². The first-order valence-corrected chi connectivity index (χ1v) is 18.5. The molecule has 278 valence electrons. The van der Waals surface area contributed by atoms with E-state index in [9.17, 15) is 33.6 Å². The molecule has 2 saturated carbocycles. The van der Waals surface area contributed by atoms with Crippen molar-refractivity contribution in [3.05, 3.63) is 12.7 Å². The Bertz CT molecular complexity index is 1330. The van der Waals surface area contributed by atoms with Crippen molar-refractivity contribution in [3.8, 4) is 0 Å². The molecule has 7 amide bonds. The number of hydrogen-bond donors (Lipinski definition) is 4. The molecule has 2 saturated heterocycles. The molecule has 0 bridgehead atoms. The molecule has 0 spiro atoms. The van der Waals surface area contributed by atoms with Crippen LogP contribution in [0.25, 0.3) is 0 Å². The zero-order valence-corrected chi connectivity index (χ0v) is 30.8. The largest absolute Gasteiger partial charge is 0.346 e. The van der Waals surface area contributed by atoms with E-state index in [2.05, 4.69) is 41.7 Å². The Morgan fingerprint density at radius 2 is 1.60 bits per heavy atom. The summed E-state index contributed by atoms with van der Waals surface area (Å²) in [5.74, 6) is -3.08. The van der Waals surface area contributed by atoms with Gasteiger partial charge in [0.05, 0.1) is 12.1 Å². The van der Waals surface area contributed by atoms with Gasteiger partial charge in [0, 0.05) is 32.5 Å². The molecule has 2 unspecified atom stereocenters. The number of carbonyl (C=O) groups is 7. The van der Waals surface area contributed by atoms with Crippen LogP contribution in [-0.4, -0.2) is 95.0 Å². The van der Waals surface area contributed by atoms with Gasteiger partial charge in [-0.25, -0.2) is 4.79 Å². The summed E-state index contributed by atoms with van der Waals surface area (Å²) in [5, 5.41) is 11.2. The van der Waals surface area contributed by atoms with Gasteiger partial charge in [-0.15, -0.1) is 6.58 Å². The number of urea groups is 1. The number of carbonyl (C=O) groups excluding carboxylic acids is 7. The molecule has 0 aromatic rings. The normalized spacial score (nSPS) is 25.1. The third-order valence-electron chi connectivity index (χ3n) is 11.4. The Labute approximate surface area is 296 Å². The second-order valence-electron chi connectivity index (χ2n) is 16.3. The molecule has 4 aliphatic rings. The number of ketones is 1. The maximum atomic E-state index is 14.6. The summed E-state index contributed by atoms with van der Waals surface area (Å²) in [7, 11) is 0. The van der Waals surface area contributed by atoms with Gasteiger partial charge in [0.25, 0.3) is 5.91 Å². The molecule has 2 aliphatic carbocycles. The van der Waals surface area contributed by atoms with Crippen LogP contribution in [0.4, 0.5) is 4.79 Å². The van der Waals surface area contributed by atoms with Crippen molar-refractivity contribution in [2.75, 3.05) is 19.6 Å². The highest BCUT2D eigenvalue weighted by Gasteiger charge is 2.69. The van der Waals surface area contributed by atoms with Crippen LogP contribution in [0.15, 0.2) is 12.7 Å². The number of nitrogens with one attached hydrogen (secondary N) is 4. The zero-order chi connectivity index (χ0) is 37.0. The number of hydrogen-bond acceptors (Lipinski definition) is 7. The molecule has 2 heterocycles. The molecule has 0 aromatic carbocycles. The van der Waals surface area contributed by atoms with Crippen LogP contribution in [0.1, 0.15) is 106 Å². The number of Topliss-reactive ketones (excluding diaryl/α,β-unsaturated/α-hetero) is 1. The number of amides is 7. The van der Waals surface area contributed by atoms with E-state index < -0.39 is 53.2 Å². The summed E-state index contributed by atoms with van der Waals surface area (Å²) in [6, 6.07) is -3.95. The second kappa shape index (κ2) is 16.1. The van der Waals surface area contributed by atoms with Crippen LogP contribution in [0.5, 0.6) is 0 Å². The van der Waals surface area contributed by atoms with Crippen LogP contribution >= 0.6 is 0 Å². The van der Waals surface area contributed by atoms with E-state index in [1.165, 1.54) is 11.0 Å². The lowest BCUT2D eigenvalue weighted by Gasteiger charge is -2.39. The predicted octanol–water partition coefficient (Wildman–Crippen LogP) is 2.83. The van der Waals surface area contributed by atoms with Gasteiger partial charge in [-0.2, -0.15) is 0 Å². The SMILES string of the molecule is C=CCNC(=O)C(=O)C(CCC)NC(=O)[C@@H]1[C@@H]2C(CN1C(=O)[C@@H](NC(=O)N[C@H](CN1C(=O)CCCC1=O)C(C)(C)C)C1CCCCC1)C2(C)C. The molecule has 2 aliphatic heterocycles. The molecule has 13 heteroatoms. The maximum absolute atomic E-state index is 14.6. The fourth-order valence-electron chi connectivity index (χ4n) is 8.13. The first-order valence-electron chi connectivity index (χ1n) is 18.5. The molecular formula is C37H58N6O7. The van der Waals surface area contributed by atoms with E-state index in [0.29, 0.717) is 19.4 Å². The number of nitrogens with zero attached hydrogens (tertiary/aromatic N) is 2. The topological polar surface area (TPSA) is 174 Å². The van der Waals surface area contributed by atoms with E-state index in [0.717, 1.165) is 32.1 Å². The van der Waals surface area contributed by atoms with Gasteiger partial charge in [-0.05, 0) is 54.3 Å². The molecule has 0 aromatic heterocycles. The summed E-state index contributed by atoms with van der Waals surface area (Å²) >= 11 is 0. The maximum Gasteiger partial charge on any atom is 0.315 e. The van der Waals surface area contributed by atoms with Gasteiger partial charge in [0.1, 0.15) is 12.1 Å². The second-order valence-corrected chi connectivity index (χ2v) is 16.3. The van der Waals surface area contributed by atoms with Crippen molar-refractivity contribution >= 4 is 41.4 Å². The van der Waals surface area contributed by atoms with Crippen molar-refractivity contribution in [2.45, 2.75) is 130 Å². The lowest BCUT2D eigenvalue weighted by atomic mass is 9.83. The highest BCUT2D eigenvalue weighted by atomic mass is 16.2.